The summed E-state index contributed by atoms with van der Waals surface area (Å²) in [6.07, 6.45) is 2.00. The summed E-state index contributed by atoms with van der Waals surface area (Å²) in [6.45, 7) is 6.32. The van der Waals surface area contributed by atoms with Gasteiger partial charge in [-0.25, -0.2) is 4.72 Å². The van der Waals surface area contributed by atoms with E-state index in [9.17, 15) is 18.0 Å². The van der Waals surface area contributed by atoms with Crippen molar-refractivity contribution in [3.8, 4) is 0 Å². The Morgan fingerprint density at radius 2 is 1.75 bits per heavy atom. The summed E-state index contributed by atoms with van der Waals surface area (Å²) in [5.74, 6) is -1.11. The lowest BCUT2D eigenvalue weighted by Crippen LogP contribution is -2.27. The van der Waals surface area contributed by atoms with Gasteiger partial charge in [0.25, 0.3) is 5.91 Å². The molecule has 0 heterocycles. The second kappa shape index (κ2) is 6.13. The summed E-state index contributed by atoms with van der Waals surface area (Å²) < 4.78 is 28.7. The van der Waals surface area contributed by atoms with Gasteiger partial charge in [0.05, 0.1) is 0 Å². The summed E-state index contributed by atoms with van der Waals surface area (Å²) >= 11 is 0. The van der Waals surface area contributed by atoms with Gasteiger partial charge in [0.15, 0.2) is 0 Å². The number of carbonyl (C=O) groups is 2. The van der Waals surface area contributed by atoms with Crippen molar-refractivity contribution in [1.29, 1.82) is 0 Å². The summed E-state index contributed by atoms with van der Waals surface area (Å²) in [6, 6.07) is 5.93. The Morgan fingerprint density at radius 3 is 2.00 bits per heavy atom. The summed E-state index contributed by atoms with van der Waals surface area (Å²) in [4.78, 5) is 20.8. The van der Waals surface area contributed by atoms with E-state index in [1.165, 1.54) is 16.0 Å². The molecular weight excluding hydrogens is 284 g/mol. The van der Waals surface area contributed by atoms with E-state index < -0.39 is 16.2 Å². The molecule has 0 aliphatic heterocycles. The molecule has 8 heteroatoms. The van der Waals surface area contributed by atoms with Gasteiger partial charge in [-0.15, -0.1) is 0 Å². The Kier molecular flexibility index (Phi) is 4.78. The van der Waals surface area contributed by atoms with Crippen LogP contribution in [0.2, 0.25) is 0 Å². The zero-order valence-corrected chi connectivity index (χ0v) is 11.1. The van der Waals surface area contributed by atoms with E-state index in [1.54, 1.807) is 0 Å². The third-order valence-corrected chi connectivity index (χ3v) is 2.65. The minimum atomic E-state index is -4.41. The Morgan fingerprint density at radius 1 is 1.15 bits per heavy atom. The molecule has 7 nitrogen and oxygen atoms in total. The third-order valence-electron chi connectivity index (χ3n) is 2.19. The highest BCUT2D eigenvalue weighted by Crippen LogP contribution is 2.20. The fourth-order valence-corrected chi connectivity index (χ4v) is 1.58. The van der Waals surface area contributed by atoms with E-state index in [1.807, 2.05) is 18.2 Å². The molecule has 0 atom stereocenters. The molecule has 2 aliphatic carbocycles. The van der Waals surface area contributed by atoms with Crippen molar-refractivity contribution in [2.45, 2.75) is 0 Å². The van der Waals surface area contributed by atoms with Crippen molar-refractivity contribution in [3.05, 3.63) is 53.9 Å². The number of anilines is 1. The number of rotatable bonds is 4. The molecule has 0 radical (unpaired) electrons. The Labute approximate surface area is 115 Å². The van der Waals surface area contributed by atoms with Crippen molar-refractivity contribution >= 4 is 27.8 Å². The number of amides is 2. The average molecular weight is 296 g/mol. The fraction of sp³-hybridized carbons (Fsp3) is 0. The van der Waals surface area contributed by atoms with Crippen LogP contribution in [0.15, 0.2) is 43.5 Å². The molecule has 0 saturated heterocycles. The molecule has 0 bridgehead atoms. The molecule has 0 fully saturated rings. The van der Waals surface area contributed by atoms with Crippen molar-refractivity contribution in [2.24, 2.45) is 0 Å². The average Bonchev–Trinajstić information content (AvgIpc) is 2.33. The van der Waals surface area contributed by atoms with E-state index in [0.717, 1.165) is 17.0 Å². The van der Waals surface area contributed by atoms with E-state index in [-0.39, 0.29) is 5.91 Å². The molecule has 0 spiro atoms. The number of hydrogen-bond donors (Lipinski definition) is 3. The lowest BCUT2D eigenvalue weighted by atomic mass is 10.0. The minimum Gasteiger partial charge on any atom is -0.322 e. The van der Waals surface area contributed by atoms with Crippen LogP contribution < -0.4 is 10.0 Å². The molecule has 3 N–H and O–H groups in total. The molecule has 0 aromatic carbocycles. The summed E-state index contributed by atoms with van der Waals surface area (Å²) in [7, 11) is -4.41. The Hall–Kier alpha value is -2.45. The van der Waals surface area contributed by atoms with Crippen molar-refractivity contribution < 1.29 is 22.6 Å². The minimum absolute atomic E-state index is 0.150. The van der Waals surface area contributed by atoms with Gasteiger partial charge in [-0.2, -0.15) is 8.42 Å². The molecule has 0 saturated carbocycles. The predicted molar refractivity (Wildman–Crippen MR) is 72.8 cm³/mol. The number of nitrogens with one attached hydrogen (secondary N) is 2. The first-order valence-electron chi connectivity index (χ1n) is 5.26. The molecule has 0 aromatic rings. The van der Waals surface area contributed by atoms with Crippen LogP contribution in [0, 0.1) is 10.4 Å². The first kappa shape index (κ1) is 15.6. The van der Waals surface area contributed by atoms with Gasteiger partial charge in [0.2, 0.25) is 5.91 Å². The summed E-state index contributed by atoms with van der Waals surface area (Å²) in [5, 5.41) is 5.07. The molecule has 20 heavy (non-hydrogen) atoms. The molecule has 0 unspecified atom stereocenters. The summed E-state index contributed by atoms with van der Waals surface area (Å²) in [5.41, 5.74) is 0.910. The van der Waals surface area contributed by atoms with Crippen LogP contribution in [0.3, 0.4) is 0 Å². The fourth-order valence-electron chi connectivity index (χ4n) is 1.25. The normalized spacial score (nSPS) is 10.4. The van der Waals surface area contributed by atoms with Crippen LogP contribution in [0.1, 0.15) is 0 Å². The van der Waals surface area contributed by atoms with Gasteiger partial charge >= 0.3 is 10.3 Å². The van der Waals surface area contributed by atoms with E-state index in [2.05, 4.69) is 18.5 Å². The topological polar surface area (TPSA) is 113 Å². The maximum absolute atomic E-state index is 10.8. The van der Waals surface area contributed by atoms with Crippen LogP contribution in [-0.4, -0.2) is 24.8 Å². The van der Waals surface area contributed by atoms with Crippen LogP contribution in [-0.2, 0) is 19.9 Å². The van der Waals surface area contributed by atoms with Gasteiger partial charge in [-0.05, 0) is 23.4 Å². The van der Waals surface area contributed by atoms with E-state index >= 15 is 0 Å². The smallest absolute Gasteiger partial charge is 0.322 e. The molecule has 2 rings (SSSR count). The Balaban J connectivity index is 0.000000206. The zero-order valence-electron chi connectivity index (χ0n) is 10.3. The van der Waals surface area contributed by atoms with Crippen LogP contribution >= 0.6 is 0 Å². The SMILES string of the molecule is C=CC(=O)NS(=O)(=O)O.C=CC(=O)Nc1cc2ccc1=2. The lowest BCUT2D eigenvalue weighted by Gasteiger charge is -2.10. The van der Waals surface area contributed by atoms with Crippen molar-refractivity contribution in [2.75, 3.05) is 5.32 Å². The van der Waals surface area contributed by atoms with Crippen LogP contribution in [0.25, 0.3) is 0 Å². The second-order valence-electron chi connectivity index (χ2n) is 3.60. The highest BCUT2D eigenvalue weighted by Gasteiger charge is 2.06. The first-order chi connectivity index (χ1) is 9.26. The van der Waals surface area contributed by atoms with Gasteiger partial charge in [-0.1, -0.05) is 25.3 Å². The van der Waals surface area contributed by atoms with E-state index in [4.69, 9.17) is 4.55 Å². The van der Waals surface area contributed by atoms with Gasteiger partial charge in [-0.3, -0.25) is 14.1 Å². The van der Waals surface area contributed by atoms with Crippen molar-refractivity contribution in [3.63, 3.8) is 0 Å². The number of benzene rings is 1. The standard InChI is InChI=1S/C9H7NO.C3H5NO4S/c1-2-9(11)10-8-5-6-3-4-7(6)8;1-2-3(5)4-9(6,7)8/h2-5H,1H2,(H,10,11);2H,1H2,(H,4,5)(H,6,7,8). The maximum Gasteiger partial charge on any atom is 0.359 e. The Bertz CT molecular complexity index is 768. The predicted octanol–water partition coefficient (Wildman–Crippen LogP) is 0.503. The molecular formula is C12H12N2O5S. The largest absolute Gasteiger partial charge is 0.359 e. The second-order valence-corrected chi connectivity index (χ2v) is 4.75. The molecule has 2 amide bonds. The lowest BCUT2D eigenvalue weighted by molar-refractivity contribution is -0.115. The monoisotopic (exact) mass is 296 g/mol. The highest BCUT2D eigenvalue weighted by atomic mass is 32.2. The number of carbonyl (C=O) groups excluding carboxylic acids is 2. The van der Waals surface area contributed by atoms with Crippen LogP contribution in [0.5, 0.6) is 0 Å². The maximum atomic E-state index is 10.8. The number of hydrogen-bond acceptors (Lipinski definition) is 4. The van der Waals surface area contributed by atoms with E-state index in [0.29, 0.717) is 0 Å². The third kappa shape index (κ3) is 4.34. The van der Waals surface area contributed by atoms with Crippen LogP contribution in [0.4, 0.5) is 5.69 Å². The molecule has 0 aromatic heterocycles. The zero-order chi connectivity index (χ0) is 15.3. The molecule has 106 valence electrons. The first-order valence-corrected chi connectivity index (χ1v) is 6.70. The quantitative estimate of drug-likeness (QED) is 0.562. The van der Waals surface area contributed by atoms with Crippen molar-refractivity contribution in [1.82, 2.24) is 4.72 Å². The van der Waals surface area contributed by atoms with Gasteiger partial charge in [0.1, 0.15) is 0 Å². The molecule has 2 aliphatic rings. The van der Waals surface area contributed by atoms with Gasteiger partial charge < -0.3 is 5.32 Å². The van der Waals surface area contributed by atoms with Gasteiger partial charge in [0, 0.05) is 10.9 Å². The highest BCUT2D eigenvalue weighted by molar-refractivity contribution is 7.84.